The predicted octanol–water partition coefficient (Wildman–Crippen LogP) is 3.56. The standard InChI is InChI=1S/C28H32FN3O6S/c1-17(2)15-21(31-27(34)26-18(3)19-9-4-6-12-24(19)38-26)28(35)32(22-11-8-14-30-16-23(22)33)39(36,37)25-13-7-5-10-20(25)29/h4-7,9-10,12-13,17,21-22,30H,8,11,14-16H2,1-3H3,(H,31,34)/t21?,22-/m0/s1. The first-order chi connectivity index (χ1) is 18.5. The van der Waals surface area contributed by atoms with Gasteiger partial charge in [0.05, 0.1) is 6.54 Å². The van der Waals surface area contributed by atoms with Gasteiger partial charge in [0.2, 0.25) is 0 Å². The van der Waals surface area contributed by atoms with Gasteiger partial charge in [0.25, 0.3) is 21.8 Å². The summed E-state index contributed by atoms with van der Waals surface area (Å²) in [6, 6.07) is 9.12. The Morgan fingerprint density at radius 3 is 2.54 bits per heavy atom. The molecule has 0 bridgehead atoms. The van der Waals surface area contributed by atoms with Crippen LogP contribution in [0.25, 0.3) is 11.0 Å². The molecule has 0 aliphatic carbocycles. The van der Waals surface area contributed by atoms with E-state index in [-0.39, 0.29) is 31.1 Å². The molecule has 1 aliphatic rings. The Morgan fingerprint density at radius 2 is 1.85 bits per heavy atom. The van der Waals surface area contributed by atoms with E-state index in [9.17, 15) is 27.2 Å². The van der Waals surface area contributed by atoms with Gasteiger partial charge in [-0.1, -0.05) is 44.2 Å². The second-order valence-corrected chi connectivity index (χ2v) is 11.9. The third-order valence-corrected chi connectivity index (χ3v) is 8.58. The predicted molar refractivity (Wildman–Crippen MR) is 143 cm³/mol. The van der Waals surface area contributed by atoms with Crippen LogP contribution in [0.2, 0.25) is 0 Å². The number of nitrogens with one attached hydrogen (secondary N) is 2. The first-order valence-electron chi connectivity index (χ1n) is 12.9. The number of aryl methyl sites for hydroxylation is 1. The second kappa shape index (κ2) is 11.7. The zero-order valence-electron chi connectivity index (χ0n) is 22.1. The highest BCUT2D eigenvalue weighted by atomic mass is 32.2. The SMILES string of the molecule is Cc1c(C(=O)NC(CC(C)C)C(=O)N([C@H]2CCCNCC2=O)S(=O)(=O)c2ccccc2F)oc2ccccc12. The van der Waals surface area contributed by atoms with Gasteiger partial charge in [-0.05, 0) is 56.8 Å². The van der Waals surface area contributed by atoms with E-state index in [4.69, 9.17) is 4.42 Å². The summed E-state index contributed by atoms with van der Waals surface area (Å²) in [6.45, 7) is 5.67. The molecule has 2 N–H and O–H groups in total. The number of hydrogen-bond acceptors (Lipinski definition) is 7. The summed E-state index contributed by atoms with van der Waals surface area (Å²) in [5.74, 6) is -3.40. The smallest absolute Gasteiger partial charge is 0.287 e. The monoisotopic (exact) mass is 557 g/mol. The maximum atomic E-state index is 14.7. The first kappa shape index (κ1) is 28.4. The van der Waals surface area contributed by atoms with Crippen molar-refractivity contribution >= 4 is 38.6 Å². The molecule has 1 aliphatic heterocycles. The molecule has 0 radical (unpaired) electrons. The summed E-state index contributed by atoms with van der Waals surface area (Å²) in [5, 5.41) is 6.30. The molecule has 1 aromatic heterocycles. The summed E-state index contributed by atoms with van der Waals surface area (Å²) in [5.41, 5.74) is 1.06. The summed E-state index contributed by atoms with van der Waals surface area (Å²) in [7, 11) is -4.80. The van der Waals surface area contributed by atoms with Crippen molar-refractivity contribution in [2.45, 2.75) is 57.0 Å². The fourth-order valence-electron chi connectivity index (χ4n) is 4.82. The molecule has 1 unspecified atom stereocenters. The van der Waals surface area contributed by atoms with Crippen LogP contribution in [-0.2, 0) is 19.6 Å². The van der Waals surface area contributed by atoms with Gasteiger partial charge < -0.3 is 15.1 Å². The second-order valence-electron chi connectivity index (χ2n) is 10.1. The largest absolute Gasteiger partial charge is 0.451 e. The summed E-state index contributed by atoms with van der Waals surface area (Å²) in [4.78, 5) is 39.8. The summed E-state index contributed by atoms with van der Waals surface area (Å²) >= 11 is 0. The van der Waals surface area contributed by atoms with Crippen molar-refractivity contribution in [3.63, 3.8) is 0 Å². The van der Waals surface area contributed by atoms with Crippen molar-refractivity contribution in [1.29, 1.82) is 0 Å². The van der Waals surface area contributed by atoms with Crippen LogP contribution in [0.3, 0.4) is 0 Å². The van der Waals surface area contributed by atoms with E-state index >= 15 is 0 Å². The normalized spacial score (nSPS) is 17.2. The lowest BCUT2D eigenvalue weighted by molar-refractivity contribution is -0.135. The highest BCUT2D eigenvalue weighted by molar-refractivity contribution is 7.89. The average molecular weight is 558 g/mol. The van der Waals surface area contributed by atoms with Gasteiger partial charge >= 0.3 is 0 Å². The molecular formula is C28H32FN3O6S. The topological polar surface area (TPSA) is 126 Å². The van der Waals surface area contributed by atoms with Gasteiger partial charge in [-0.25, -0.2) is 17.1 Å². The minimum atomic E-state index is -4.80. The molecule has 9 nitrogen and oxygen atoms in total. The van der Waals surface area contributed by atoms with Gasteiger partial charge in [0.1, 0.15) is 28.4 Å². The van der Waals surface area contributed by atoms with Crippen LogP contribution in [0.1, 0.15) is 49.2 Å². The maximum absolute atomic E-state index is 14.7. The number of sulfonamides is 1. The Bertz CT molecular complexity index is 1500. The zero-order valence-corrected chi connectivity index (χ0v) is 22.9. The van der Waals surface area contributed by atoms with Crippen LogP contribution in [0, 0.1) is 18.7 Å². The number of ketones is 1. The number of Topliss-reactive ketones (excluding diaryl/α,β-unsaturated/α-hetero) is 1. The molecule has 0 saturated carbocycles. The van der Waals surface area contributed by atoms with E-state index in [2.05, 4.69) is 10.6 Å². The highest BCUT2D eigenvalue weighted by Gasteiger charge is 2.44. The number of carbonyl (C=O) groups is 3. The summed E-state index contributed by atoms with van der Waals surface area (Å²) in [6.07, 6.45) is 0.564. The van der Waals surface area contributed by atoms with Crippen molar-refractivity contribution in [1.82, 2.24) is 14.9 Å². The van der Waals surface area contributed by atoms with Crippen molar-refractivity contribution in [3.05, 3.63) is 65.7 Å². The number of halogens is 1. The number of rotatable bonds is 8. The molecular weight excluding hydrogens is 525 g/mol. The Labute approximate surface area is 226 Å². The third kappa shape index (κ3) is 5.89. The minimum absolute atomic E-state index is 0.00369. The number of fused-ring (bicyclic) bond motifs is 1. The number of para-hydroxylation sites is 1. The third-order valence-electron chi connectivity index (χ3n) is 6.74. The molecule has 2 aromatic carbocycles. The van der Waals surface area contributed by atoms with Crippen molar-refractivity contribution in [2.24, 2.45) is 5.92 Å². The number of benzene rings is 2. The average Bonchev–Trinajstić information content (AvgIpc) is 3.09. The molecule has 0 spiro atoms. The van der Waals surface area contributed by atoms with E-state index in [1.54, 1.807) is 25.1 Å². The van der Waals surface area contributed by atoms with E-state index in [1.807, 2.05) is 19.9 Å². The maximum Gasteiger partial charge on any atom is 0.287 e. The van der Waals surface area contributed by atoms with Crippen LogP contribution < -0.4 is 10.6 Å². The Kier molecular flexibility index (Phi) is 8.51. The van der Waals surface area contributed by atoms with Gasteiger partial charge in [-0.3, -0.25) is 14.4 Å². The number of hydrogen-bond donors (Lipinski definition) is 2. The van der Waals surface area contributed by atoms with Crippen LogP contribution >= 0.6 is 0 Å². The Morgan fingerprint density at radius 1 is 1.15 bits per heavy atom. The van der Waals surface area contributed by atoms with Crippen molar-refractivity contribution in [2.75, 3.05) is 13.1 Å². The van der Waals surface area contributed by atoms with Gasteiger partial charge in [0, 0.05) is 10.9 Å². The number of carbonyl (C=O) groups excluding carboxylic acids is 3. The molecule has 2 heterocycles. The molecule has 2 amide bonds. The lowest BCUT2D eigenvalue weighted by Crippen LogP contribution is -2.56. The molecule has 1 saturated heterocycles. The van der Waals surface area contributed by atoms with Gasteiger partial charge in [0.15, 0.2) is 11.5 Å². The van der Waals surface area contributed by atoms with Crippen LogP contribution in [0.5, 0.6) is 0 Å². The lowest BCUT2D eigenvalue weighted by Gasteiger charge is -2.33. The van der Waals surface area contributed by atoms with Crippen LogP contribution in [0.4, 0.5) is 4.39 Å². The van der Waals surface area contributed by atoms with Crippen LogP contribution in [-0.4, -0.2) is 55.5 Å². The molecule has 11 heteroatoms. The fraction of sp³-hybridized carbons (Fsp3) is 0.393. The van der Waals surface area contributed by atoms with E-state index in [1.165, 1.54) is 12.1 Å². The molecule has 3 aromatic rings. The van der Waals surface area contributed by atoms with Crippen LogP contribution in [0.15, 0.2) is 57.8 Å². The van der Waals surface area contributed by atoms with E-state index in [0.29, 0.717) is 28.4 Å². The quantitative estimate of drug-likeness (QED) is 0.434. The van der Waals surface area contributed by atoms with E-state index in [0.717, 1.165) is 17.5 Å². The van der Waals surface area contributed by atoms with E-state index < -0.39 is 50.4 Å². The highest BCUT2D eigenvalue weighted by Crippen LogP contribution is 2.28. The fourth-order valence-corrected chi connectivity index (χ4v) is 6.52. The van der Waals surface area contributed by atoms with Crippen molar-refractivity contribution < 1.29 is 31.6 Å². The molecule has 2 atom stereocenters. The zero-order chi connectivity index (χ0) is 28.3. The Balaban J connectivity index is 1.76. The first-order valence-corrected chi connectivity index (χ1v) is 14.3. The number of nitrogens with zero attached hydrogens (tertiary/aromatic N) is 1. The molecule has 1 fully saturated rings. The minimum Gasteiger partial charge on any atom is -0.451 e. The lowest BCUT2D eigenvalue weighted by atomic mass is 10.0. The molecule has 4 rings (SSSR count). The van der Waals surface area contributed by atoms with Gasteiger partial charge in [-0.2, -0.15) is 0 Å². The Hall–Kier alpha value is -3.57. The van der Waals surface area contributed by atoms with Gasteiger partial charge in [-0.15, -0.1) is 0 Å². The number of furan rings is 1. The number of amides is 2. The molecule has 39 heavy (non-hydrogen) atoms. The van der Waals surface area contributed by atoms with Crippen molar-refractivity contribution in [3.8, 4) is 0 Å². The molecule has 208 valence electrons. The summed E-state index contributed by atoms with van der Waals surface area (Å²) < 4.78 is 48.6.